The highest BCUT2D eigenvalue weighted by Crippen LogP contribution is 2.28. The topological polar surface area (TPSA) is 93.8 Å². The van der Waals surface area contributed by atoms with Crippen molar-refractivity contribution in [3.8, 4) is 0 Å². The molecule has 0 spiro atoms. The number of amides is 1. The molecule has 1 atom stereocenters. The molecule has 1 aliphatic heterocycles. The van der Waals surface area contributed by atoms with E-state index >= 15 is 0 Å². The smallest absolute Gasteiger partial charge is 0.409 e. The summed E-state index contributed by atoms with van der Waals surface area (Å²) < 4.78 is 35.9. The van der Waals surface area contributed by atoms with Gasteiger partial charge in [-0.25, -0.2) is 18.0 Å². The fraction of sp³-hybridized carbons (Fsp3) is 0.238. The second-order valence-electron chi connectivity index (χ2n) is 13.2. The van der Waals surface area contributed by atoms with Gasteiger partial charge in [0.05, 0.1) is 15.9 Å². The highest BCUT2D eigenvalue weighted by molar-refractivity contribution is 7.90. The van der Waals surface area contributed by atoms with Gasteiger partial charge in [0, 0.05) is 38.3 Å². The van der Waals surface area contributed by atoms with E-state index in [2.05, 4.69) is 41.3 Å². The minimum Gasteiger partial charge on any atom is -0.448 e. The van der Waals surface area contributed by atoms with Crippen molar-refractivity contribution < 1.29 is 17.9 Å². The van der Waals surface area contributed by atoms with E-state index in [1.807, 2.05) is 54.6 Å². The monoisotopic (exact) mass is 714 g/mol. The molecule has 0 aliphatic carbocycles. The molecule has 1 aromatic heterocycles. The lowest BCUT2D eigenvalue weighted by Crippen LogP contribution is -2.44. The van der Waals surface area contributed by atoms with Gasteiger partial charge in [0.15, 0.2) is 0 Å². The van der Waals surface area contributed by atoms with E-state index < -0.39 is 21.8 Å². The zero-order valence-electron chi connectivity index (χ0n) is 28.9. The van der Waals surface area contributed by atoms with Crippen molar-refractivity contribution >= 4 is 27.1 Å². The third-order valence-electron chi connectivity index (χ3n) is 9.80. The van der Waals surface area contributed by atoms with Crippen molar-refractivity contribution in [3.63, 3.8) is 0 Å². The van der Waals surface area contributed by atoms with Gasteiger partial charge in [-0.1, -0.05) is 121 Å². The minimum absolute atomic E-state index is 0.0502. The Kier molecular flexibility index (Phi) is 10.7. The fourth-order valence-corrected chi connectivity index (χ4v) is 8.54. The van der Waals surface area contributed by atoms with Crippen molar-refractivity contribution in [3.05, 3.63) is 173 Å². The third kappa shape index (κ3) is 7.73. The van der Waals surface area contributed by atoms with Crippen LogP contribution in [0.2, 0.25) is 0 Å². The van der Waals surface area contributed by atoms with Gasteiger partial charge >= 0.3 is 11.8 Å². The number of benzene rings is 5. The molecule has 0 unspecified atom stereocenters. The predicted octanol–water partition coefficient (Wildman–Crippen LogP) is 7.13. The van der Waals surface area contributed by atoms with Gasteiger partial charge in [-0.05, 0) is 60.2 Å². The van der Waals surface area contributed by atoms with Gasteiger partial charge in [-0.2, -0.15) is 3.97 Å². The Morgan fingerprint density at radius 1 is 0.673 bits per heavy atom. The highest BCUT2D eigenvalue weighted by Gasteiger charge is 2.32. The Morgan fingerprint density at radius 2 is 1.15 bits per heavy atom. The molecule has 0 saturated carbocycles. The second-order valence-corrected chi connectivity index (χ2v) is 15.0. The van der Waals surface area contributed by atoms with Gasteiger partial charge in [-0.15, -0.1) is 0 Å². The molecule has 1 saturated heterocycles. The fourth-order valence-electron chi connectivity index (χ4n) is 7.12. The summed E-state index contributed by atoms with van der Waals surface area (Å²) in [6.07, 6.45) is 1.28. The van der Waals surface area contributed by atoms with E-state index in [0.29, 0.717) is 56.5 Å². The largest absolute Gasteiger partial charge is 0.448 e. The predicted molar refractivity (Wildman–Crippen MR) is 202 cm³/mol. The van der Waals surface area contributed by atoms with Gasteiger partial charge in [0.1, 0.15) is 6.61 Å². The van der Waals surface area contributed by atoms with Gasteiger partial charge in [-0.3, -0.25) is 9.47 Å². The van der Waals surface area contributed by atoms with Crippen LogP contribution in [0.1, 0.15) is 35.6 Å². The summed E-state index contributed by atoms with van der Waals surface area (Å²) in [5.74, 6) is 0. The Morgan fingerprint density at radius 3 is 1.71 bits per heavy atom. The molecule has 9 nitrogen and oxygen atoms in total. The van der Waals surface area contributed by atoms with Crippen molar-refractivity contribution in [2.75, 3.05) is 19.7 Å². The second kappa shape index (κ2) is 15.8. The maximum atomic E-state index is 13.9. The van der Waals surface area contributed by atoms with Crippen LogP contribution in [0.4, 0.5) is 4.79 Å². The zero-order valence-corrected chi connectivity index (χ0v) is 29.7. The number of imidazole rings is 1. The molecule has 10 heteroatoms. The van der Waals surface area contributed by atoms with E-state index in [1.165, 1.54) is 23.3 Å². The molecule has 5 aromatic carbocycles. The average molecular weight is 715 g/mol. The first-order valence-electron chi connectivity index (χ1n) is 17.7. The summed E-state index contributed by atoms with van der Waals surface area (Å²) in [7, 11) is -4.13. The van der Waals surface area contributed by atoms with Gasteiger partial charge in [0.2, 0.25) is 0 Å². The van der Waals surface area contributed by atoms with Crippen LogP contribution in [0.25, 0.3) is 11.0 Å². The number of ether oxygens (including phenoxy) is 1. The molecule has 1 fully saturated rings. The summed E-state index contributed by atoms with van der Waals surface area (Å²) in [6.45, 7) is 2.35. The quantitative estimate of drug-likeness (QED) is 0.134. The molecule has 7 rings (SSSR count). The zero-order chi connectivity index (χ0) is 35.9. The van der Waals surface area contributed by atoms with Crippen LogP contribution in [0.3, 0.4) is 0 Å². The lowest BCUT2D eigenvalue weighted by Gasteiger charge is -2.34. The molecule has 2 heterocycles. The van der Waals surface area contributed by atoms with Crippen LogP contribution in [0.5, 0.6) is 0 Å². The normalized spacial score (nSPS) is 14.4. The number of rotatable bonds is 12. The van der Waals surface area contributed by atoms with Crippen LogP contribution in [-0.4, -0.2) is 58.6 Å². The van der Waals surface area contributed by atoms with Crippen LogP contribution < -0.4 is 5.69 Å². The molecule has 0 N–H and O–H groups in total. The van der Waals surface area contributed by atoms with Crippen LogP contribution >= 0.6 is 0 Å². The van der Waals surface area contributed by atoms with Gasteiger partial charge < -0.3 is 9.64 Å². The molecule has 266 valence electrons. The molecule has 6 aromatic rings. The van der Waals surface area contributed by atoms with E-state index in [1.54, 1.807) is 51.9 Å². The van der Waals surface area contributed by atoms with E-state index in [9.17, 15) is 18.0 Å². The Labute approximate surface area is 304 Å². The van der Waals surface area contributed by atoms with Crippen molar-refractivity contribution in [2.45, 2.75) is 49.3 Å². The number of hydrogen-bond acceptors (Lipinski definition) is 6. The number of carbonyl (C=O) groups is 1. The first-order chi connectivity index (χ1) is 25.4. The summed E-state index contributed by atoms with van der Waals surface area (Å²) in [5.41, 5.74) is 3.80. The Balaban J connectivity index is 1.08. The van der Waals surface area contributed by atoms with Crippen LogP contribution in [0.15, 0.2) is 155 Å². The number of fused-ring (bicyclic) bond motifs is 1. The summed E-state index contributed by atoms with van der Waals surface area (Å²) in [4.78, 5) is 31.7. The first-order valence-corrected chi connectivity index (χ1v) is 19.1. The van der Waals surface area contributed by atoms with E-state index in [-0.39, 0.29) is 23.6 Å². The molecule has 0 bridgehead atoms. The molecule has 1 amide bonds. The van der Waals surface area contributed by atoms with E-state index in [0.717, 1.165) is 9.54 Å². The summed E-state index contributed by atoms with van der Waals surface area (Å²) in [6, 6.07) is 45.5. The number of para-hydroxylation sites is 2. The summed E-state index contributed by atoms with van der Waals surface area (Å²) in [5, 5.41) is 0. The molecule has 52 heavy (non-hydrogen) atoms. The standard InChI is InChI=1S/C42H42N4O5S/c47-41-45(39-23-13-14-24-40(39)46(41)52(49,50)38-21-11-4-12-22-38)36-25-27-43(28-26-36)42(48)51-32-37(29-33-15-5-1-6-16-33)44(30-34-17-7-2-8-18-34)31-35-19-9-3-10-20-35/h1-24,36-37H,25-32H2/t37-/m1/s1. The van der Waals surface area contributed by atoms with Crippen molar-refractivity contribution in [2.24, 2.45) is 0 Å². The van der Waals surface area contributed by atoms with Gasteiger partial charge in [0.25, 0.3) is 10.0 Å². The Hall–Kier alpha value is -5.45. The molecule has 0 radical (unpaired) electrons. The number of nitrogens with zero attached hydrogens (tertiary/aromatic N) is 4. The maximum Gasteiger partial charge on any atom is 0.409 e. The van der Waals surface area contributed by atoms with E-state index in [4.69, 9.17) is 4.74 Å². The Bertz CT molecular complexity index is 2210. The number of piperidine rings is 1. The minimum atomic E-state index is -4.13. The third-order valence-corrected chi connectivity index (χ3v) is 11.5. The average Bonchev–Trinajstić information content (AvgIpc) is 3.50. The highest BCUT2D eigenvalue weighted by atomic mass is 32.2. The lowest BCUT2D eigenvalue weighted by molar-refractivity contribution is 0.0518. The molecular weight excluding hydrogens is 673 g/mol. The first kappa shape index (κ1) is 35.0. The number of carbonyl (C=O) groups excluding carboxylic acids is 1. The van der Waals surface area contributed by atoms with Crippen molar-refractivity contribution in [1.29, 1.82) is 0 Å². The van der Waals surface area contributed by atoms with Crippen LogP contribution in [-0.2, 0) is 34.3 Å². The lowest BCUT2D eigenvalue weighted by atomic mass is 10.0. The molecule has 1 aliphatic rings. The number of aromatic nitrogens is 2. The van der Waals surface area contributed by atoms with Crippen molar-refractivity contribution in [1.82, 2.24) is 18.3 Å². The number of hydrogen-bond donors (Lipinski definition) is 0. The van der Waals surface area contributed by atoms with Crippen LogP contribution in [0, 0.1) is 0 Å². The SMILES string of the molecule is O=C(OC[C@@H](Cc1ccccc1)N(Cc1ccccc1)Cc1ccccc1)N1CCC(n2c(=O)n(S(=O)(=O)c3ccccc3)c3ccccc32)CC1. The molecular formula is C42H42N4O5S. The number of likely N-dealkylation sites (tertiary alicyclic amines) is 1. The summed E-state index contributed by atoms with van der Waals surface area (Å²) >= 11 is 0. The maximum absolute atomic E-state index is 13.9.